The van der Waals surface area contributed by atoms with E-state index in [1.54, 1.807) is 6.92 Å². The van der Waals surface area contributed by atoms with Crippen LogP contribution in [-0.4, -0.2) is 34.5 Å². The minimum atomic E-state index is -0.894. The Morgan fingerprint density at radius 2 is 2.00 bits per heavy atom. The number of rotatable bonds is 0. The van der Waals surface area contributed by atoms with Crippen molar-refractivity contribution in [1.29, 1.82) is 0 Å². The quantitative estimate of drug-likeness (QED) is 0.395. The Balaban J connectivity index is 2.39. The van der Waals surface area contributed by atoms with Crippen LogP contribution in [0.1, 0.15) is 26.7 Å². The fourth-order valence-corrected chi connectivity index (χ4v) is 2.69. The fraction of sp³-hybridized carbons (Fsp3) is 0.533. The first-order valence-corrected chi connectivity index (χ1v) is 6.50. The molecular formula is C15H20O4. The molecule has 4 nitrogen and oxygen atoms in total. The van der Waals surface area contributed by atoms with Crippen molar-refractivity contribution in [3.8, 4) is 0 Å². The highest BCUT2D eigenvalue weighted by molar-refractivity contribution is 5.91. The summed E-state index contributed by atoms with van der Waals surface area (Å²) in [4.78, 5) is 11.6. The minimum Gasteiger partial charge on any atom is -0.455 e. The summed E-state index contributed by atoms with van der Waals surface area (Å²) in [6.07, 6.45) is 2.69. The van der Waals surface area contributed by atoms with E-state index in [0.717, 1.165) is 11.1 Å². The van der Waals surface area contributed by atoms with Gasteiger partial charge in [-0.05, 0) is 32.3 Å². The van der Waals surface area contributed by atoms with Gasteiger partial charge < -0.3 is 14.9 Å². The lowest BCUT2D eigenvalue weighted by Crippen LogP contribution is -2.38. The molecule has 0 radical (unpaired) electrons. The third-order valence-corrected chi connectivity index (χ3v) is 3.89. The van der Waals surface area contributed by atoms with Crippen molar-refractivity contribution < 1.29 is 19.7 Å². The molecule has 1 saturated heterocycles. The molecular weight excluding hydrogens is 244 g/mol. The molecule has 0 aromatic heterocycles. The second-order valence-electron chi connectivity index (χ2n) is 5.37. The van der Waals surface area contributed by atoms with Crippen LogP contribution in [0.25, 0.3) is 0 Å². The van der Waals surface area contributed by atoms with Gasteiger partial charge in [-0.1, -0.05) is 24.3 Å². The molecule has 0 bridgehead atoms. The normalized spacial score (nSPS) is 41.7. The van der Waals surface area contributed by atoms with E-state index in [-0.39, 0.29) is 5.57 Å². The van der Waals surface area contributed by atoms with Gasteiger partial charge in [0.2, 0.25) is 0 Å². The van der Waals surface area contributed by atoms with E-state index in [0.29, 0.717) is 12.8 Å². The van der Waals surface area contributed by atoms with E-state index in [4.69, 9.17) is 4.74 Å². The van der Waals surface area contributed by atoms with Crippen molar-refractivity contribution in [2.75, 3.05) is 0 Å². The summed E-state index contributed by atoms with van der Waals surface area (Å²) in [5.74, 6) is -1.07. The van der Waals surface area contributed by atoms with Crippen molar-refractivity contribution in [2.45, 2.75) is 45.0 Å². The second-order valence-corrected chi connectivity index (χ2v) is 5.37. The zero-order valence-electron chi connectivity index (χ0n) is 11.3. The average molecular weight is 264 g/mol. The molecule has 4 heteroatoms. The van der Waals surface area contributed by atoms with Crippen molar-refractivity contribution in [3.63, 3.8) is 0 Å². The van der Waals surface area contributed by atoms with Crippen LogP contribution in [0.15, 0.2) is 35.5 Å². The molecule has 0 amide bonds. The summed E-state index contributed by atoms with van der Waals surface area (Å²) < 4.78 is 5.19. The van der Waals surface area contributed by atoms with Gasteiger partial charge >= 0.3 is 5.97 Å². The predicted octanol–water partition coefficient (Wildman–Crippen LogP) is 1.49. The number of aliphatic hydroxyl groups is 2. The first-order chi connectivity index (χ1) is 8.91. The smallest absolute Gasteiger partial charge is 0.334 e. The molecule has 4 atom stereocenters. The molecule has 0 spiro atoms. The van der Waals surface area contributed by atoms with Crippen LogP contribution < -0.4 is 0 Å². The summed E-state index contributed by atoms with van der Waals surface area (Å²) in [6, 6.07) is 0. The molecule has 104 valence electrons. The summed E-state index contributed by atoms with van der Waals surface area (Å²) in [5, 5.41) is 20.6. The predicted molar refractivity (Wildman–Crippen MR) is 71.3 cm³/mol. The number of carbonyl (C=O) groups excluding carboxylic acids is 1. The largest absolute Gasteiger partial charge is 0.455 e. The maximum absolute atomic E-state index is 11.6. The van der Waals surface area contributed by atoms with Gasteiger partial charge in [-0.15, -0.1) is 0 Å². The Hall–Kier alpha value is -1.39. The monoisotopic (exact) mass is 264 g/mol. The zero-order chi connectivity index (χ0) is 14.2. The number of aliphatic hydroxyl groups excluding tert-OH is 2. The summed E-state index contributed by atoms with van der Waals surface area (Å²) >= 11 is 0. The number of fused-ring (bicyclic) bond motifs is 1. The highest BCUT2D eigenvalue weighted by atomic mass is 16.6. The number of carbonyl (C=O) groups is 1. The van der Waals surface area contributed by atoms with E-state index < -0.39 is 30.2 Å². The molecule has 2 aliphatic rings. The van der Waals surface area contributed by atoms with Gasteiger partial charge in [0.1, 0.15) is 12.2 Å². The van der Waals surface area contributed by atoms with Crippen LogP contribution in [0.4, 0.5) is 0 Å². The van der Waals surface area contributed by atoms with Crippen molar-refractivity contribution >= 4 is 5.97 Å². The van der Waals surface area contributed by atoms with Gasteiger partial charge in [0.15, 0.2) is 0 Å². The Morgan fingerprint density at radius 1 is 1.32 bits per heavy atom. The molecule has 1 heterocycles. The average Bonchev–Trinajstić information content (AvgIpc) is 2.63. The van der Waals surface area contributed by atoms with Crippen molar-refractivity contribution in [1.82, 2.24) is 0 Å². The van der Waals surface area contributed by atoms with Gasteiger partial charge in [-0.3, -0.25) is 0 Å². The fourth-order valence-electron chi connectivity index (χ4n) is 2.69. The van der Waals surface area contributed by atoms with Gasteiger partial charge in [-0.2, -0.15) is 0 Å². The third kappa shape index (κ3) is 2.65. The molecule has 19 heavy (non-hydrogen) atoms. The number of allylic oxidation sites excluding steroid dienone is 2. The Bertz CT molecular complexity index is 461. The molecule has 0 aromatic carbocycles. The lowest BCUT2D eigenvalue weighted by Gasteiger charge is -2.28. The molecule has 1 aliphatic carbocycles. The molecule has 1 aliphatic heterocycles. The van der Waals surface area contributed by atoms with Crippen LogP contribution >= 0.6 is 0 Å². The molecule has 0 aromatic rings. The van der Waals surface area contributed by atoms with E-state index in [1.807, 2.05) is 19.1 Å². The number of esters is 1. The zero-order valence-corrected chi connectivity index (χ0v) is 11.3. The van der Waals surface area contributed by atoms with E-state index in [1.165, 1.54) is 0 Å². The Labute approximate surface area is 113 Å². The van der Waals surface area contributed by atoms with Crippen LogP contribution in [0.5, 0.6) is 0 Å². The highest BCUT2D eigenvalue weighted by Crippen LogP contribution is 2.36. The highest BCUT2D eigenvalue weighted by Gasteiger charge is 2.46. The molecule has 0 saturated carbocycles. The number of hydrogen-bond acceptors (Lipinski definition) is 4. The maximum Gasteiger partial charge on any atom is 0.334 e. The van der Waals surface area contributed by atoms with E-state index in [2.05, 4.69) is 6.58 Å². The Kier molecular flexibility index (Phi) is 3.92. The molecule has 2 rings (SSSR count). The van der Waals surface area contributed by atoms with Crippen LogP contribution in [0.2, 0.25) is 0 Å². The van der Waals surface area contributed by atoms with Crippen LogP contribution in [-0.2, 0) is 9.53 Å². The van der Waals surface area contributed by atoms with E-state index in [9.17, 15) is 15.0 Å². The van der Waals surface area contributed by atoms with Crippen LogP contribution in [0.3, 0.4) is 0 Å². The standard InChI is InChI=1S/C15H20O4/c1-8-5-4-6-9(2)13(17)14-12(11(16)7-8)10(3)15(18)19-14/h5-6,11-14,16-17H,3-4,7H2,1-2H3/b8-5+,9-6-/t11-,12+,13-,14+/m0/s1. The van der Waals surface area contributed by atoms with E-state index >= 15 is 0 Å². The first-order valence-electron chi connectivity index (χ1n) is 6.50. The molecule has 0 unspecified atom stereocenters. The molecule has 1 fully saturated rings. The number of ether oxygens (including phenoxy) is 1. The van der Waals surface area contributed by atoms with Gasteiger partial charge in [-0.25, -0.2) is 4.79 Å². The van der Waals surface area contributed by atoms with Gasteiger partial charge in [0.05, 0.1) is 12.0 Å². The lowest BCUT2D eigenvalue weighted by atomic mass is 9.83. The maximum atomic E-state index is 11.6. The van der Waals surface area contributed by atoms with Crippen LogP contribution in [0, 0.1) is 5.92 Å². The Morgan fingerprint density at radius 3 is 2.68 bits per heavy atom. The number of hydrogen-bond donors (Lipinski definition) is 2. The van der Waals surface area contributed by atoms with Crippen molar-refractivity contribution in [3.05, 3.63) is 35.5 Å². The summed E-state index contributed by atoms with van der Waals surface area (Å²) in [7, 11) is 0. The molecule has 2 N–H and O–H groups in total. The first kappa shape index (κ1) is 14.0. The summed E-state index contributed by atoms with van der Waals surface area (Å²) in [6.45, 7) is 7.44. The van der Waals surface area contributed by atoms with Gasteiger partial charge in [0, 0.05) is 5.57 Å². The topological polar surface area (TPSA) is 66.8 Å². The SMILES string of the molecule is C=C1C(=O)O[C@@H]2[C@H]1[C@@H](O)C/C(C)=C/C/C=C(/C)[C@@H]2O. The summed E-state index contributed by atoms with van der Waals surface area (Å²) in [5.41, 5.74) is 2.05. The van der Waals surface area contributed by atoms with Crippen molar-refractivity contribution in [2.24, 2.45) is 5.92 Å². The lowest BCUT2D eigenvalue weighted by molar-refractivity contribution is -0.143. The second kappa shape index (κ2) is 5.31. The minimum absolute atomic E-state index is 0.248. The van der Waals surface area contributed by atoms with Gasteiger partial charge in [0.25, 0.3) is 0 Å². The third-order valence-electron chi connectivity index (χ3n) is 3.89.